The van der Waals surface area contributed by atoms with E-state index in [-0.39, 0.29) is 11.3 Å². The van der Waals surface area contributed by atoms with Crippen molar-refractivity contribution in [2.24, 2.45) is 7.05 Å². The summed E-state index contributed by atoms with van der Waals surface area (Å²) in [5.74, 6) is -0.747. The molecule has 0 radical (unpaired) electrons. The molecule has 3 aromatic heterocycles. The Hall–Kier alpha value is -3.94. The zero-order chi connectivity index (χ0) is 20.0. The van der Waals surface area contributed by atoms with Crippen LogP contribution in [0, 0.1) is 11.6 Å². The molecule has 6 nitrogen and oxygen atoms in total. The minimum Gasteiger partial charge on any atom is -0.284 e. The second-order valence-electron chi connectivity index (χ2n) is 6.64. The van der Waals surface area contributed by atoms with Gasteiger partial charge in [-0.1, -0.05) is 12.1 Å². The summed E-state index contributed by atoms with van der Waals surface area (Å²) in [6, 6.07) is 9.11. The Kier molecular flexibility index (Phi) is 3.90. The molecule has 1 N–H and O–H groups in total. The molecule has 29 heavy (non-hydrogen) atoms. The number of hydrogen-bond donors (Lipinski definition) is 1. The first-order valence-corrected chi connectivity index (χ1v) is 8.84. The Balaban J connectivity index is 1.63. The lowest BCUT2D eigenvalue weighted by atomic mass is 10.1. The molecule has 0 atom stereocenters. The van der Waals surface area contributed by atoms with Crippen molar-refractivity contribution < 1.29 is 8.78 Å². The molecular weight excluding hydrogens is 374 g/mol. The van der Waals surface area contributed by atoms with Gasteiger partial charge < -0.3 is 0 Å². The molecule has 0 spiro atoms. The van der Waals surface area contributed by atoms with Crippen molar-refractivity contribution in [3.63, 3.8) is 0 Å². The molecule has 0 fully saturated rings. The Morgan fingerprint density at radius 2 is 1.86 bits per heavy atom. The Morgan fingerprint density at radius 1 is 0.966 bits per heavy atom. The zero-order valence-corrected chi connectivity index (χ0v) is 15.3. The van der Waals surface area contributed by atoms with Gasteiger partial charge in [0, 0.05) is 42.2 Å². The molecule has 8 heteroatoms. The van der Waals surface area contributed by atoms with Gasteiger partial charge in [-0.15, -0.1) is 0 Å². The summed E-state index contributed by atoms with van der Waals surface area (Å²) in [6.07, 6.45) is 6.98. The van der Waals surface area contributed by atoms with Gasteiger partial charge in [0.05, 0.1) is 17.3 Å². The van der Waals surface area contributed by atoms with Crippen molar-refractivity contribution in [2.45, 2.75) is 0 Å². The number of aromatic nitrogens is 6. The summed E-state index contributed by atoms with van der Waals surface area (Å²) in [4.78, 5) is 9.02. The van der Waals surface area contributed by atoms with Gasteiger partial charge in [-0.2, -0.15) is 10.2 Å². The lowest BCUT2D eigenvalue weighted by molar-refractivity contribution is 0.602. The lowest BCUT2D eigenvalue weighted by Gasteiger charge is -2.06. The van der Waals surface area contributed by atoms with Gasteiger partial charge in [-0.3, -0.25) is 9.78 Å². The number of H-pyrrole nitrogens is 1. The first-order chi connectivity index (χ1) is 14.1. The smallest absolute Gasteiger partial charge is 0.163 e. The van der Waals surface area contributed by atoms with E-state index in [9.17, 15) is 8.78 Å². The summed E-state index contributed by atoms with van der Waals surface area (Å²) in [7, 11) is 1.86. The first kappa shape index (κ1) is 17.2. The third-order valence-electron chi connectivity index (χ3n) is 4.69. The summed E-state index contributed by atoms with van der Waals surface area (Å²) in [5, 5.41) is 11.9. The minimum absolute atomic E-state index is 0.0501. The van der Waals surface area contributed by atoms with Gasteiger partial charge in [0.15, 0.2) is 5.82 Å². The van der Waals surface area contributed by atoms with Crippen LogP contribution < -0.4 is 0 Å². The van der Waals surface area contributed by atoms with Crippen LogP contribution in [-0.2, 0) is 7.05 Å². The van der Waals surface area contributed by atoms with E-state index in [4.69, 9.17) is 0 Å². The molecule has 0 unspecified atom stereocenters. The standard InChI is InChI=1S/C21H14F2N6/c1-29-11-14(9-26-29)12-2-3-13-8-24-21(27-19(13)6-12)17-10-25-28-20(17)16-7-15(22)4-5-18(16)23/h2-11H,1H3,(H,25,28). The predicted molar refractivity (Wildman–Crippen MR) is 105 cm³/mol. The number of fused-ring (bicyclic) bond motifs is 1. The van der Waals surface area contributed by atoms with Crippen LogP contribution in [0.15, 0.2) is 61.2 Å². The van der Waals surface area contributed by atoms with Crippen LogP contribution >= 0.6 is 0 Å². The highest BCUT2D eigenvalue weighted by Gasteiger charge is 2.17. The number of halogens is 2. The first-order valence-electron chi connectivity index (χ1n) is 8.84. The molecular formula is C21H14F2N6. The monoisotopic (exact) mass is 388 g/mol. The van der Waals surface area contributed by atoms with Gasteiger partial charge in [0.1, 0.15) is 17.3 Å². The normalized spacial score (nSPS) is 11.3. The maximum atomic E-state index is 14.3. The molecule has 5 aromatic rings. The van der Waals surface area contributed by atoms with Gasteiger partial charge in [0.2, 0.25) is 0 Å². The fraction of sp³-hybridized carbons (Fsp3) is 0.0476. The number of benzene rings is 2. The summed E-state index contributed by atoms with van der Waals surface area (Å²) >= 11 is 0. The highest BCUT2D eigenvalue weighted by molar-refractivity contribution is 5.86. The van der Waals surface area contributed by atoms with Crippen LogP contribution in [0.3, 0.4) is 0 Å². The van der Waals surface area contributed by atoms with E-state index in [1.165, 1.54) is 0 Å². The minimum atomic E-state index is -0.570. The molecule has 0 saturated carbocycles. The van der Waals surface area contributed by atoms with Crippen LogP contribution in [0.2, 0.25) is 0 Å². The fourth-order valence-corrected chi connectivity index (χ4v) is 3.25. The molecule has 0 bridgehead atoms. The van der Waals surface area contributed by atoms with E-state index >= 15 is 0 Å². The van der Waals surface area contributed by atoms with Crippen LogP contribution in [0.4, 0.5) is 8.78 Å². The molecule has 5 rings (SSSR count). The van der Waals surface area contributed by atoms with Gasteiger partial charge >= 0.3 is 0 Å². The van der Waals surface area contributed by atoms with Crippen molar-refractivity contribution in [1.29, 1.82) is 0 Å². The number of aryl methyl sites for hydroxylation is 1. The van der Waals surface area contributed by atoms with Crippen molar-refractivity contribution >= 4 is 10.9 Å². The quantitative estimate of drug-likeness (QED) is 0.498. The molecule has 3 heterocycles. The molecule has 0 saturated heterocycles. The average molecular weight is 388 g/mol. The van der Waals surface area contributed by atoms with E-state index in [1.807, 2.05) is 31.4 Å². The molecule has 0 amide bonds. The van der Waals surface area contributed by atoms with Crippen molar-refractivity contribution in [3.8, 4) is 33.8 Å². The van der Waals surface area contributed by atoms with Crippen molar-refractivity contribution in [1.82, 2.24) is 29.9 Å². The molecule has 0 aliphatic rings. The Morgan fingerprint density at radius 3 is 2.69 bits per heavy atom. The third-order valence-corrected chi connectivity index (χ3v) is 4.69. The van der Waals surface area contributed by atoms with Crippen molar-refractivity contribution in [2.75, 3.05) is 0 Å². The number of hydrogen-bond acceptors (Lipinski definition) is 4. The van der Waals surface area contributed by atoms with E-state index < -0.39 is 11.6 Å². The molecule has 2 aromatic carbocycles. The molecule has 142 valence electrons. The van der Waals surface area contributed by atoms with Gasteiger partial charge in [0.25, 0.3) is 0 Å². The van der Waals surface area contributed by atoms with Gasteiger partial charge in [-0.25, -0.2) is 18.7 Å². The Labute approximate surface area is 163 Å². The largest absolute Gasteiger partial charge is 0.284 e. The van der Waals surface area contributed by atoms with Crippen LogP contribution in [0.5, 0.6) is 0 Å². The van der Waals surface area contributed by atoms with E-state index in [2.05, 4.69) is 25.3 Å². The highest BCUT2D eigenvalue weighted by Crippen LogP contribution is 2.31. The zero-order valence-electron chi connectivity index (χ0n) is 15.3. The van der Waals surface area contributed by atoms with Crippen molar-refractivity contribution in [3.05, 3.63) is 72.8 Å². The highest BCUT2D eigenvalue weighted by atomic mass is 19.1. The average Bonchev–Trinajstić information content (AvgIpc) is 3.38. The second kappa shape index (κ2) is 6.59. The van der Waals surface area contributed by atoms with Crippen LogP contribution in [0.1, 0.15) is 0 Å². The topological polar surface area (TPSA) is 72.3 Å². The summed E-state index contributed by atoms with van der Waals surface area (Å²) < 4.78 is 29.6. The van der Waals surface area contributed by atoms with E-state index in [0.29, 0.717) is 11.4 Å². The SMILES string of the molecule is Cn1cc(-c2ccc3cnc(-c4c[nH]nc4-c4cc(F)ccc4F)nc3c2)cn1. The number of nitrogens with one attached hydrogen (secondary N) is 1. The third kappa shape index (κ3) is 3.04. The maximum Gasteiger partial charge on any atom is 0.163 e. The fourth-order valence-electron chi connectivity index (χ4n) is 3.25. The maximum absolute atomic E-state index is 14.3. The second-order valence-corrected chi connectivity index (χ2v) is 6.64. The predicted octanol–water partition coefficient (Wildman–Crippen LogP) is 4.37. The van der Waals surface area contributed by atoms with Crippen LogP contribution in [0.25, 0.3) is 44.7 Å². The van der Waals surface area contributed by atoms with E-state index in [1.54, 1.807) is 23.3 Å². The number of aromatic amines is 1. The van der Waals surface area contributed by atoms with Crippen LogP contribution in [-0.4, -0.2) is 29.9 Å². The summed E-state index contributed by atoms with van der Waals surface area (Å²) in [6.45, 7) is 0. The van der Waals surface area contributed by atoms with E-state index in [0.717, 1.165) is 40.2 Å². The lowest BCUT2D eigenvalue weighted by Crippen LogP contribution is -1.93. The molecule has 0 aliphatic carbocycles. The Bertz CT molecular complexity index is 1350. The number of rotatable bonds is 3. The molecule has 0 aliphatic heterocycles. The van der Waals surface area contributed by atoms with Gasteiger partial charge in [-0.05, 0) is 29.8 Å². The number of nitrogens with zero attached hydrogens (tertiary/aromatic N) is 5. The summed E-state index contributed by atoms with van der Waals surface area (Å²) in [5.41, 5.74) is 3.46.